The van der Waals surface area contributed by atoms with Crippen LogP contribution in [0.4, 0.5) is 5.95 Å². The Bertz CT molecular complexity index is 1030. The lowest BCUT2D eigenvalue weighted by atomic mass is 10.2. The molecule has 0 radical (unpaired) electrons. The summed E-state index contributed by atoms with van der Waals surface area (Å²) in [4.78, 5) is 21.4. The number of carbonyl (C=O) groups is 1. The number of hydrogen-bond acceptors (Lipinski definition) is 3. The molecule has 1 atom stereocenters. The third kappa shape index (κ3) is 3.09. The van der Waals surface area contributed by atoms with Crippen LogP contribution in [-0.4, -0.2) is 25.0 Å². The molecule has 1 N–H and O–H groups in total. The van der Waals surface area contributed by atoms with Crippen LogP contribution in [0.5, 0.6) is 0 Å². The number of nitrogens with zero attached hydrogens (tertiary/aromatic N) is 4. The zero-order valence-corrected chi connectivity index (χ0v) is 14.4. The number of anilines is 1. The lowest BCUT2D eigenvalue weighted by molar-refractivity contribution is -0.118. The maximum Gasteiger partial charge on any atom is 0.249 e. The molecule has 4 rings (SSSR count). The second kappa shape index (κ2) is 6.84. The zero-order valence-electron chi connectivity index (χ0n) is 14.4. The Labute approximate surface area is 151 Å². The fourth-order valence-electron chi connectivity index (χ4n) is 2.97. The van der Waals surface area contributed by atoms with E-state index in [1.807, 2.05) is 76.9 Å². The first-order valence-electron chi connectivity index (χ1n) is 8.50. The van der Waals surface area contributed by atoms with Crippen LogP contribution in [-0.2, 0) is 11.3 Å². The second-order valence-electron chi connectivity index (χ2n) is 6.17. The number of carbonyl (C=O) groups excluding carboxylic acids is 1. The molecule has 0 spiro atoms. The van der Waals surface area contributed by atoms with Crippen molar-refractivity contribution < 1.29 is 4.79 Å². The highest BCUT2D eigenvalue weighted by Gasteiger charge is 2.19. The van der Waals surface area contributed by atoms with Gasteiger partial charge >= 0.3 is 0 Å². The van der Waals surface area contributed by atoms with E-state index in [0.29, 0.717) is 12.5 Å². The van der Waals surface area contributed by atoms with Gasteiger partial charge in [-0.15, -0.1) is 0 Å². The highest BCUT2D eigenvalue weighted by Crippen LogP contribution is 2.19. The molecule has 2 aromatic heterocycles. The van der Waals surface area contributed by atoms with Gasteiger partial charge in [-0.1, -0.05) is 42.5 Å². The van der Waals surface area contributed by atoms with Gasteiger partial charge in [0.2, 0.25) is 11.9 Å². The van der Waals surface area contributed by atoms with Crippen molar-refractivity contribution in [2.24, 2.45) is 0 Å². The van der Waals surface area contributed by atoms with Gasteiger partial charge < -0.3 is 9.13 Å². The number of amides is 1. The number of hydrogen-bond donors (Lipinski definition) is 1. The molecular formula is C20H19N5O. The predicted octanol–water partition coefficient (Wildman–Crippen LogP) is 3.48. The fraction of sp³-hybridized carbons (Fsp3) is 0.150. The zero-order chi connectivity index (χ0) is 17.9. The van der Waals surface area contributed by atoms with Crippen molar-refractivity contribution in [3.8, 4) is 0 Å². The molecule has 0 fully saturated rings. The molecule has 0 saturated heterocycles. The highest BCUT2D eigenvalue weighted by molar-refractivity contribution is 5.93. The van der Waals surface area contributed by atoms with Crippen LogP contribution >= 0.6 is 0 Å². The van der Waals surface area contributed by atoms with Crippen molar-refractivity contribution in [3.63, 3.8) is 0 Å². The summed E-state index contributed by atoms with van der Waals surface area (Å²) in [6.07, 6.45) is 5.25. The fourth-order valence-corrected chi connectivity index (χ4v) is 2.97. The molecule has 4 aromatic rings. The molecule has 2 heterocycles. The van der Waals surface area contributed by atoms with Gasteiger partial charge in [0.15, 0.2) is 0 Å². The first kappa shape index (κ1) is 16.1. The average molecular weight is 345 g/mol. The number of benzene rings is 2. The second-order valence-corrected chi connectivity index (χ2v) is 6.17. The summed E-state index contributed by atoms with van der Waals surface area (Å²) < 4.78 is 3.79. The Kier molecular flexibility index (Phi) is 4.23. The summed E-state index contributed by atoms with van der Waals surface area (Å²) >= 11 is 0. The Morgan fingerprint density at radius 1 is 1.08 bits per heavy atom. The molecule has 0 saturated carbocycles. The van der Waals surface area contributed by atoms with Gasteiger partial charge in [0.25, 0.3) is 0 Å². The summed E-state index contributed by atoms with van der Waals surface area (Å²) in [5.41, 5.74) is 2.95. The molecule has 0 aliphatic heterocycles. The number of nitrogens with one attached hydrogen (secondary N) is 1. The molecule has 1 amide bonds. The molecule has 0 aliphatic rings. The van der Waals surface area contributed by atoms with E-state index in [1.165, 1.54) is 0 Å². The van der Waals surface area contributed by atoms with Crippen LogP contribution in [0.2, 0.25) is 0 Å². The van der Waals surface area contributed by atoms with Crippen molar-refractivity contribution in [3.05, 3.63) is 78.9 Å². The van der Waals surface area contributed by atoms with Crippen LogP contribution in [0.3, 0.4) is 0 Å². The van der Waals surface area contributed by atoms with Gasteiger partial charge in [0.05, 0.1) is 23.9 Å². The van der Waals surface area contributed by atoms with Gasteiger partial charge in [-0.05, 0) is 24.6 Å². The number of aromatic nitrogens is 4. The van der Waals surface area contributed by atoms with Crippen LogP contribution in [0.15, 0.2) is 73.3 Å². The van der Waals surface area contributed by atoms with Gasteiger partial charge in [0, 0.05) is 12.4 Å². The SMILES string of the molecule is CC(C(=O)Nc1nccn1Cc1ccccc1)n1cnc2ccccc21. The van der Waals surface area contributed by atoms with E-state index in [2.05, 4.69) is 15.3 Å². The molecule has 6 nitrogen and oxygen atoms in total. The van der Waals surface area contributed by atoms with Gasteiger partial charge in [-0.25, -0.2) is 9.97 Å². The minimum absolute atomic E-state index is 0.131. The number of imidazole rings is 2. The summed E-state index contributed by atoms with van der Waals surface area (Å²) in [6.45, 7) is 2.51. The Morgan fingerprint density at radius 2 is 1.85 bits per heavy atom. The Morgan fingerprint density at radius 3 is 2.69 bits per heavy atom. The highest BCUT2D eigenvalue weighted by atomic mass is 16.2. The molecule has 1 unspecified atom stereocenters. The van der Waals surface area contributed by atoms with Crippen LogP contribution in [0.25, 0.3) is 11.0 Å². The Balaban J connectivity index is 1.53. The molecule has 2 aromatic carbocycles. The molecule has 130 valence electrons. The summed E-state index contributed by atoms with van der Waals surface area (Å²) in [5, 5.41) is 2.93. The van der Waals surface area contributed by atoms with E-state index < -0.39 is 6.04 Å². The van der Waals surface area contributed by atoms with Gasteiger partial charge in [-0.2, -0.15) is 0 Å². The molecule has 6 heteroatoms. The van der Waals surface area contributed by atoms with E-state index in [-0.39, 0.29) is 5.91 Å². The standard InChI is InChI=1S/C20H19N5O/c1-15(25-14-22-17-9-5-6-10-18(17)25)19(26)23-20-21-11-12-24(20)13-16-7-3-2-4-8-16/h2-12,14-15H,13H2,1H3,(H,21,23,26). The van der Waals surface area contributed by atoms with Crippen molar-refractivity contribution >= 4 is 22.9 Å². The monoisotopic (exact) mass is 345 g/mol. The lowest BCUT2D eigenvalue weighted by Crippen LogP contribution is -2.25. The van der Waals surface area contributed by atoms with E-state index in [4.69, 9.17) is 0 Å². The smallest absolute Gasteiger partial charge is 0.249 e. The molecule has 0 bridgehead atoms. The van der Waals surface area contributed by atoms with Gasteiger partial charge in [0.1, 0.15) is 6.04 Å². The van der Waals surface area contributed by atoms with Crippen molar-refractivity contribution in [2.45, 2.75) is 19.5 Å². The first-order chi connectivity index (χ1) is 12.7. The number of para-hydroxylation sites is 2. The third-order valence-electron chi connectivity index (χ3n) is 4.42. The van der Waals surface area contributed by atoms with E-state index >= 15 is 0 Å². The first-order valence-corrected chi connectivity index (χ1v) is 8.50. The summed E-state index contributed by atoms with van der Waals surface area (Å²) in [6, 6.07) is 17.4. The van der Waals surface area contributed by atoms with Crippen molar-refractivity contribution in [1.29, 1.82) is 0 Å². The van der Waals surface area contributed by atoms with Crippen molar-refractivity contribution in [2.75, 3.05) is 5.32 Å². The van der Waals surface area contributed by atoms with E-state index in [0.717, 1.165) is 16.6 Å². The number of fused-ring (bicyclic) bond motifs is 1. The molecule has 26 heavy (non-hydrogen) atoms. The van der Waals surface area contributed by atoms with Crippen LogP contribution in [0, 0.1) is 0 Å². The largest absolute Gasteiger partial charge is 0.318 e. The minimum Gasteiger partial charge on any atom is -0.318 e. The Hall–Kier alpha value is -3.41. The van der Waals surface area contributed by atoms with E-state index in [9.17, 15) is 4.79 Å². The maximum absolute atomic E-state index is 12.7. The van der Waals surface area contributed by atoms with Crippen LogP contribution in [0.1, 0.15) is 18.5 Å². The van der Waals surface area contributed by atoms with Crippen molar-refractivity contribution in [1.82, 2.24) is 19.1 Å². The third-order valence-corrected chi connectivity index (χ3v) is 4.42. The topological polar surface area (TPSA) is 64.7 Å². The summed E-state index contributed by atoms with van der Waals surface area (Å²) in [5.74, 6) is 0.406. The predicted molar refractivity (Wildman–Crippen MR) is 101 cm³/mol. The van der Waals surface area contributed by atoms with Crippen LogP contribution < -0.4 is 5.32 Å². The van der Waals surface area contributed by atoms with E-state index in [1.54, 1.807) is 12.5 Å². The average Bonchev–Trinajstić information content (AvgIpc) is 3.29. The minimum atomic E-state index is -0.399. The molecular weight excluding hydrogens is 326 g/mol. The lowest BCUT2D eigenvalue weighted by Gasteiger charge is -2.15. The quantitative estimate of drug-likeness (QED) is 0.602. The molecule has 0 aliphatic carbocycles. The maximum atomic E-state index is 12.7. The number of rotatable bonds is 5. The van der Waals surface area contributed by atoms with Gasteiger partial charge in [-0.3, -0.25) is 10.1 Å². The summed E-state index contributed by atoms with van der Waals surface area (Å²) in [7, 11) is 0. The normalized spacial score (nSPS) is 12.2.